The summed E-state index contributed by atoms with van der Waals surface area (Å²) in [5.74, 6) is -0.807. The van der Waals surface area contributed by atoms with Gasteiger partial charge in [-0.2, -0.15) is 0 Å². The largest absolute Gasteiger partial charge is 0.354 e. The van der Waals surface area contributed by atoms with Gasteiger partial charge < -0.3 is 10.2 Å². The van der Waals surface area contributed by atoms with E-state index in [1.165, 1.54) is 4.90 Å². The second-order valence-electron chi connectivity index (χ2n) is 9.21. The Labute approximate surface area is 249 Å². The van der Waals surface area contributed by atoms with Crippen LogP contribution in [0, 0.1) is 3.57 Å². The minimum atomic E-state index is -3.81. The standard InChI is InChI=1S/C29H33ClIN3O4S/c1-3-4-18-32-29(36)27(19-22-10-6-5-7-11-22)33(20-23-12-8-9-13-26(23)30)28(35)21-34(39(2,37)38)25-16-14-24(31)15-17-25/h5-17,27H,3-4,18-21H2,1-2H3,(H,32,36)/t27-/m1/s1. The van der Waals surface area contributed by atoms with Crippen molar-refractivity contribution in [3.8, 4) is 0 Å². The average molecular weight is 682 g/mol. The van der Waals surface area contributed by atoms with Gasteiger partial charge in [0.25, 0.3) is 0 Å². The van der Waals surface area contributed by atoms with E-state index < -0.39 is 28.5 Å². The van der Waals surface area contributed by atoms with E-state index in [1.807, 2.05) is 43.3 Å². The first-order valence-corrected chi connectivity index (χ1v) is 16.0. The van der Waals surface area contributed by atoms with Gasteiger partial charge in [0.2, 0.25) is 21.8 Å². The number of halogens is 2. The maximum absolute atomic E-state index is 14.0. The number of hydrogen-bond acceptors (Lipinski definition) is 4. The van der Waals surface area contributed by atoms with Crippen LogP contribution in [0.4, 0.5) is 5.69 Å². The molecular weight excluding hydrogens is 649 g/mol. The maximum Gasteiger partial charge on any atom is 0.244 e. The van der Waals surface area contributed by atoms with Crippen LogP contribution in [0.3, 0.4) is 0 Å². The van der Waals surface area contributed by atoms with Crippen molar-refractivity contribution in [2.45, 2.75) is 38.8 Å². The lowest BCUT2D eigenvalue weighted by Crippen LogP contribution is -2.53. The Bertz CT molecular complexity index is 1350. The van der Waals surface area contributed by atoms with Gasteiger partial charge in [0.15, 0.2) is 0 Å². The summed E-state index contributed by atoms with van der Waals surface area (Å²) in [6.45, 7) is 2.09. The third-order valence-corrected chi connectivity index (χ3v) is 8.42. The Morgan fingerprint density at radius 3 is 2.23 bits per heavy atom. The summed E-state index contributed by atoms with van der Waals surface area (Å²) >= 11 is 8.60. The van der Waals surface area contributed by atoms with Crippen molar-refractivity contribution in [1.29, 1.82) is 0 Å². The zero-order chi connectivity index (χ0) is 28.4. The van der Waals surface area contributed by atoms with Crippen LogP contribution in [-0.4, -0.2) is 50.5 Å². The highest BCUT2D eigenvalue weighted by Gasteiger charge is 2.33. The summed E-state index contributed by atoms with van der Waals surface area (Å²) in [4.78, 5) is 29.0. The number of unbranched alkanes of at least 4 members (excludes halogenated alkanes) is 1. The van der Waals surface area contributed by atoms with Crippen LogP contribution >= 0.6 is 34.2 Å². The Balaban J connectivity index is 2.03. The molecular formula is C29H33ClIN3O4S. The molecule has 3 aromatic rings. The molecule has 1 N–H and O–H groups in total. The lowest BCUT2D eigenvalue weighted by Gasteiger charge is -2.33. The number of nitrogens with zero attached hydrogens (tertiary/aromatic N) is 2. The van der Waals surface area contributed by atoms with Gasteiger partial charge in [-0.3, -0.25) is 13.9 Å². The number of amides is 2. The van der Waals surface area contributed by atoms with Crippen LogP contribution < -0.4 is 9.62 Å². The number of rotatable bonds is 13. The highest BCUT2D eigenvalue weighted by atomic mass is 127. The molecule has 0 fully saturated rings. The summed E-state index contributed by atoms with van der Waals surface area (Å²) in [6.07, 6.45) is 3.04. The molecule has 0 aliphatic rings. The van der Waals surface area contributed by atoms with Crippen molar-refractivity contribution in [3.05, 3.63) is 98.6 Å². The monoisotopic (exact) mass is 681 g/mol. The van der Waals surface area contributed by atoms with Gasteiger partial charge in [0.05, 0.1) is 11.9 Å². The van der Waals surface area contributed by atoms with Gasteiger partial charge in [-0.05, 0) is 70.5 Å². The van der Waals surface area contributed by atoms with Gasteiger partial charge in [0.1, 0.15) is 12.6 Å². The van der Waals surface area contributed by atoms with Crippen molar-refractivity contribution in [3.63, 3.8) is 0 Å². The van der Waals surface area contributed by atoms with Crippen LogP contribution in [0.25, 0.3) is 0 Å². The predicted octanol–water partition coefficient (Wildman–Crippen LogP) is 5.27. The van der Waals surface area contributed by atoms with Crippen molar-refractivity contribution in [2.75, 3.05) is 23.7 Å². The Kier molecular flexibility index (Phi) is 11.6. The molecule has 0 saturated carbocycles. The first kappa shape index (κ1) is 30.9. The number of carbonyl (C=O) groups is 2. The lowest BCUT2D eigenvalue weighted by atomic mass is 10.0. The number of nitrogens with one attached hydrogen (secondary N) is 1. The van der Waals surface area contributed by atoms with Gasteiger partial charge in [-0.15, -0.1) is 0 Å². The van der Waals surface area contributed by atoms with Crippen molar-refractivity contribution in [1.82, 2.24) is 10.2 Å². The van der Waals surface area contributed by atoms with Crippen LogP contribution in [-0.2, 0) is 32.6 Å². The first-order chi connectivity index (χ1) is 18.6. The van der Waals surface area contributed by atoms with Crippen LogP contribution in [0.2, 0.25) is 5.02 Å². The molecule has 7 nitrogen and oxygen atoms in total. The molecule has 10 heteroatoms. The fourth-order valence-corrected chi connectivity index (χ4v) is 5.50. The van der Waals surface area contributed by atoms with Crippen molar-refractivity contribution < 1.29 is 18.0 Å². The summed E-state index contributed by atoms with van der Waals surface area (Å²) in [5, 5.41) is 3.42. The molecule has 0 heterocycles. The fourth-order valence-electron chi connectivity index (χ4n) is 4.09. The second kappa shape index (κ2) is 14.7. The van der Waals surface area contributed by atoms with E-state index in [9.17, 15) is 18.0 Å². The summed E-state index contributed by atoms with van der Waals surface area (Å²) < 4.78 is 27.6. The summed E-state index contributed by atoms with van der Waals surface area (Å²) in [5.41, 5.74) is 1.91. The van der Waals surface area contributed by atoms with E-state index in [0.717, 1.165) is 32.5 Å². The molecule has 3 rings (SSSR count). The van der Waals surface area contributed by atoms with Gasteiger partial charge >= 0.3 is 0 Å². The normalized spacial score (nSPS) is 12.0. The van der Waals surface area contributed by atoms with E-state index in [4.69, 9.17) is 11.6 Å². The Morgan fingerprint density at radius 1 is 0.974 bits per heavy atom. The molecule has 0 aromatic heterocycles. The van der Waals surface area contributed by atoms with Crippen molar-refractivity contribution >= 4 is 61.7 Å². The molecule has 0 radical (unpaired) electrons. The Hall–Kier alpha value is -2.63. The molecule has 0 bridgehead atoms. The molecule has 0 unspecified atom stereocenters. The van der Waals surface area contributed by atoms with E-state index in [-0.39, 0.29) is 18.9 Å². The predicted molar refractivity (Wildman–Crippen MR) is 165 cm³/mol. The quantitative estimate of drug-likeness (QED) is 0.197. The minimum absolute atomic E-state index is 0.0431. The van der Waals surface area contributed by atoms with E-state index in [1.54, 1.807) is 42.5 Å². The molecule has 0 aliphatic carbocycles. The number of carbonyl (C=O) groups excluding carboxylic acids is 2. The molecule has 3 aromatic carbocycles. The third kappa shape index (κ3) is 9.22. The first-order valence-electron chi connectivity index (χ1n) is 12.7. The van der Waals surface area contributed by atoms with Gasteiger partial charge in [-0.25, -0.2) is 8.42 Å². The summed E-state index contributed by atoms with van der Waals surface area (Å²) in [6, 6.07) is 22.6. The molecule has 208 valence electrons. The van der Waals surface area contributed by atoms with E-state index in [0.29, 0.717) is 22.8 Å². The van der Waals surface area contributed by atoms with Gasteiger partial charge in [-0.1, -0.05) is 73.5 Å². The Morgan fingerprint density at radius 2 is 1.62 bits per heavy atom. The molecule has 2 amide bonds. The van der Waals surface area contributed by atoms with Crippen molar-refractivity contribution in [2.24, 2.45) is 0 Å². The molecule has 0 saturated heterocycles. The van der Waals surface area contributed by atoms with E-state index >= 15 is 0 Å². The summed E-state index contributed by atoms with van der Waals surface area (Å²) in [7, 11) is -3.81. The highest BCUT2D eigenvalue weighted by molar-refractivity contribution is 14.1. The average Bonchev–Trinajstić information content (AvgIpc) is 2.91. The maximum atomic E-state index is 14.0. The zero-order valence-electron chi connectivity index (χ0n) is 22.0. The highest BCUT2D eigenvalue weighted by Crippen LogP contribution is 2.23. The second-order valence-corrected chi connectivity index (χ2v) is 12.8. The number of benzene rings is 3. The molecule has 0 aliphatic heterocycles. The van der Waals surface area contributed by atoms with Crippen LogP contribution in [0.15, 0.2) is 78.9 Å². The molecule has 1 atom stereocenters. The molecule has 39 heavy (non-hydrogen) atoms. The zero-order valence-corrected chi connectivity index (χ0v) is 25.7. The topological polar surface area (TPSA) is 86.8 Å². The van der Waals surface area contributed by atoms with Crippen LogP contribution in [0.1, 0.15) is 30.9 Å². The minimum Gasteiger partial charge on any atom is -0.354 e. The third-order valence-electron chi connectivity index (χ3n) is 6.19. The number of sulfonamides is 1. The van der Waals surface area contributed by atoms with E-state index in [2.05, 4.69) is 27.9 Å². The smallest absolute Gasteiger partial charge is 0.244 e. The molecule has 0 spiro atoms. The SMILES string of the molecule is CCCCNC(=O)[C@@H](Cc1ccccc1)N(Cc1ccccc1Cl)C(=O)CN(c1ccc(I)cc1)S(C)(=O)=O. The van der Waals surface area contributed by atoms with Gasteiger partial charge in [0, 0.05) is 28.1 Å². The number of anilines is 1. The lowest BCUT2D eigenvalue weighted by molar-refractivity contribution is -0.140. The number of hydrogen-bond donors (Lipinski definition) is 1. The fraction of sp³-hybridized carbons (Fsp3) is 0.310. The van der Waals surface area contributed by atoms with Crippen LogP contribution in [0.5, 0.6) is 0 Å².